The van der Waals surface area contributed by atoms with Crippen LogP contribution in [0.1, 0.15) is 54.6 Å². The second-order valence-electron chi connectivity index (χ2n) is 13.2. The molecule has 1 saturated heterocycles. The first-order chi connectivity index (χ1) is 22.5. The fourth-order valence-corrected chi connectivity index (χ4v) is 6.72. The number of piperidine rings is 1. The number of ketones is 1. The molecule has 46 heavy (non-hydrogen) atoms. The van der Waals surface area contributed by atoms with Gasteiger partial charge in [-0.3, -0.25) is 9.69 Å². The lowest BCUT2D eigenvalue weighted by Crippen LogP contribution is -2.61. The van der Waals surface area contributed by atoms with Gasteiger partial charge < -0.3 is 33.7 Å². The van der Waals surface area contributed by atoms with E-state index in [9.17, 15) is 4.79 Å². The minimum Gasteiger partial charge on any atom is -0.382 e. The summed E-state index contributed by atoms with van der Waals surface area (Å²) in [5.74, 6) is 1.37. The Morgan fingerprint density at radius 2 is 1.59 bits per heavy atom. The van der Waals surface area contributed by atoms with Gasteiger partial charge in [0.1, 0.15) is 0 Å². The van der Waals surface area contributed by atoms with Crippen molar-refractivity contribution in [2.75, 3.05) is 91.5 Å². The molecule has 2 aromatic carbocycles. The molecule has 1 saturated carbocycles. The van der Waals surface area contributed by atoms with Crippen molar-refractivity contribution in [1.29, 1.82) is 0 Å². The summed E-state index contributed by atoms with van der Waals surface area (Å²) in [4.78, 5) is 16.3. The Morgan fingerprint density at radius 1 is 0.913 bits per heavy atom. The monoisotopic (exact) mass is 638 g/mol. The van der Waals surface area contributed by atoms with Crippen molar-refractivity contribution in [2.45, 2.75) is 57.3 Å². The summed E-state index contributed by atoms with van der Waals surface area (Å²) in [6, 6.07) is 16.5. The zero-order valence-electron chi connectivity index (χ0n) is 28.0. The molecular formula is C37H54N2O7. The van der Waals surface area contributed by atoms with Crippen molar-refractivity contribution in [1.82, 2.24) is 4.90 Å². The number of likely N-dealkylation sites (tertiary alicyclic amines) is 1. The van der Waals surface area contributed by atoms with Crippen LogP contribution in [0.4, 0.5) is 5.69 Å². The number of methoxy groups -OCH3 is 1. The molecule has 4 atom stereocenters. The number of hydrogen-bond donors (Lipinski definition) is 1. The van der Waals surface area contributed by atoms with Crippen LogP contribution in [0.3, 0.4) is 0 Å². The van der Waals surface area contributed by atoms with E-state index in [4.69, 9.17) is 28.4 Å². The third-order valence-corrected chi connectivity index (χ3v) is 9.86. The number of carbonyl (C=O) groups excluding carboxylic acids is 1. The van der Waals surface area contributed by atoms with Gasteiger partial charge in [0, 0.05) is 31.5 Å². The normalized spacial score (nSPS) is 23.3. The highest BCUT2D eigenvalue weighted by Crippen LogP contribution is 2.49. The molecule has 2 aliphatic carbocycles. The fourth-order valence-electron chi connectivity index (χ4n) is 6.72. The molecule has 2 aromatic rings. The quantitative estimate of drug-likeness (QED) is 0.180. The average Bonchev–Trinajstić information content (AvgIpc) is 3.90. The Morgan fingerprint density at radius 3 is 2.26 bits per heavy atom. The third kappa shape index (κ3) is 9.60. The van der Waals surface area contributed by atoms with Gasteiger partial charge in [-0.1, -0.05) is 44.2 Å². The fraction of sp³-hybridized carbons (Fsp3) is 0.649. The summed E-state index contributed by atoms with van der Waals surface area (Å²) < 4.78 is 33.8. The van der Waals surface area contributed by atoms with Crippen LogP contribution in [-0.2, 0) is 40.4 Å². The molecule has 2 unspecified atom stereocenters. The van der Waals surface area contributed by atoms with E-state index in [1.54, 1.807) is 7.11 Å². The summed E-state index contributed by atoms with van der Waals surface area (Å²) in [7, 11) is 1.66. The molecule has 2 bridgehead atoms. The minimum absolute atomic E-state index is 0.000850. The first-order valence-corrected chi connectivity index (χ1v) is 17.1. The number of carbonyl (C=O) groups is 1. The SMILES string of the molecule is COCCOCCOCCOCCOCC(CNc1ccc2c(c1)[C@]1(C)CCN(CC3CC3)C(C2=O)[C@@H]1C)OCc1ccccc1. The predicted octanol–water partition coefficient (Wildman–Crippen LogP) is 4.97. The number of Topliss-reactive ketones (excluding diaryl/α,β-unsaturated/α-hetero) is 1. The summed E-state index contributed by atoms with van der Waals surface area (Å²) in [6.45, 7) is 12.5. The Kier molecular flexibility index (Phi) is 13.4. The molecule has 3 aliphatic rings. The topological polar surface area (TPSA) is 87.7 Å². The van der Waals surface area contributed by atoms with E-state index in [1.807, 2.05) is 30.3 Å². The molecule has 254 valence electrons. The van der Waals surface area contributed by atoms with Crippen molar-refractivity contribution >= 4 is 11.5 Å². The maximum Gasteiger partial charge on any atom is 0.180 e. The number of nitrogens with one attached hydrogen (secondary N) is 1. The van der Waals surface area contributed by atoms with Crippen molar-refractivity contribution in [3.63, 3.8) is 0 Å². The van der Waals surface area contributed by atoms with E-state index in [0.717, 1.165) is 42.2 Å². The molecule has 9 nitrogen and oxygen atoms in total. The van der Waals surface area contributed by atoms with Crippen LogP contribution in [0.25, 0.3) is 0 Å². The molecule has 0 amide bonds. The predicted molar refractivity (Wildman–Crippen MR) is 179 cm³/mol. The number of rotatable bonds is 22. The van der Waals surface area contributed by atoms with E-state index < -0.39 is 0 Å². The molecule has 5 rings (SSSR count). The molecule has 2 fully saturated rings. The van der Waals surface area contributed by atoms with Gasteiger partial charge in [0.05, 0.1) is 78.2 Å². The zero-order valence-corrected chi connectivity index (χ0v) is 28.0. The Balaban J connectivity index is 1.10. The number of nitrogens with zero attached hydrogens (tertiary/aromatic N) is 1. The Bertz CT molecular complexity index is 1210. The summed E-state index contributed by atoms with van der Waals surface area (Å²) in [6.07, 6.45) is 3.54. The van der Waals surface area contributed by atoms with E-state index in [0.29, 0.717) is 84.3 Å². The second-order valence-corrected chi connectivity index (χ2v) is 13.2. The van der Waals surface area contributed by atoms with Crippen LogP contribution in [-0.4, -0.2) is 109 Å². The van der Waals surface area contributed by atoms with Gasteiger partial charge in [-0.25, -0.2) is 0 Å². The summed E-state index contributed by atoms with van der Waals surface area (Å²) >= 11 is 0. The van der Waals surface area contributed by atoms with Crippen molar-refractivity contribution < 1.29 is 33.2 Å². The first-order valence-electron chi connectivity index (χ1n) is 17.1. The maximum atomic E-state index is 13.8. The van der Waals surface area contributed by atoms with Crippen LogP contribution in [0, 0.1) is 11.8 Å². The van der Waals surface area contributed by atoms with E-state index >= 15 is 0 Å². The highest BCUT2D eigenvalue weighted by molar-refractivity contribution is 6.04. The number of hydrogen-bond acceptors (Lipinski definition) is 9. The van der Waals surface area contributed by atoms with Crippen LogP contribution in [0.2, 0.25) is 0 Å². The number of fused-ring (bicyclic) bond motifs is 4. The number of ether oxygens (including phenoxy) is 6. The highest BCUT2D eigenvalue weighted by Gasteiger charge is 2.52. The van der Waals surface area contributed by atoms with Crippen LogP contribution in [0.15, 0.2) is 48.5 Å². The highest BCUT2D eigenvalue weighted by atomic mass is 16.6. The lowest BCUT2D eigenvalue weighted by Gasteiger charge is -2.53. The number of anilines is 1. The van der Waals surface area contributed by atoms with Gasteiger partial charge >= 0.3 is 0 Å². The Hall–Kier alpha value is -2.37. The smallest absolute Gasteiger partial charge is 0.180 e. The molecule has 1 heterocycles. The van der Waals surface area contributed by atoms with Gasteiger partial charge in [0.2, 0.25) is 0 Å². The molecule has 0 spiro atoms. The summed E-state index contributed by atoms with van der Waals surface area (Å²) in [5, 5.41) is 3.60. The lowest BCUT2D eigenvalue weighted by molar-refractivity contribution is -0.0391. The molecule has 1 aliphatic heterocycles. The lowest BCUT2D eigenvalue weighted by atomic mass is 9.58. The van der Waals surface area contributed by atoms with Gasteiger partial charge in [-0.05, 0) is 72.4 Å². The van der Waals surface area contributed by atoms with Crippen LogP contribution in [0.5, 0.6) is 0 Å². The molecular weight excluding hydrogens is 584 g/mol. The molecule has 0 radical (unpaired) electrons. The maximum absolute atomic E-state index is 13.8. The van der Waals surface area contributed by atoms with Gasteiger partial charge in [-0.2, -0.15) is 0 Å². The summed E-state index contributed by atoms with van der Waals surface area (Å²) in [5.41, 5.74) is 4.21. The molecule has 1 N–H and O–H groups in total. The third-order valence-electron chi connectivity index (χ3n) is 9.86. The van der Waals surface area contributed by atoms with E-state index in [1.165, 1.54) is 18.4 Å². The van der Waals surface area contributed by atoms with Crippen LogP contribution < -0.4 is 5.32 Å². The van der Waals surface area contributed by atoms with Crippen molar-refractivity contribution in [2.24, 2.45) is 11.8 Å². The van der Waals surface area contributed by atoms with Gasteiger partial charge in [0.15, 0.2) is 5.78 Å². The molecule has 9 heteroatoms. The van der Waals surface area contributed by atoms with E-state index in [2.05, 4.69) is 42.3 Å². The molecule has 0 aromatic heterocycles. The Labute approximate surface area is 275 Å². The second kappa shape index (κ2) is 17.7. The van der Waals surface area contributed by atoms with Gasteiger partial charge in [-0.15, -0.1) is 0 Å². The number of benzene rings is 2. The zero-order chi connectivity index (χ0) is 32.2. The largest absolute Gasteiger partial charge is 0.382 e. The van der Waals surface area contributed by atoms with Gasteiger partial charge in [0.25, 0.3) is 0 Å². The average molecular weight is 639 g/mol. The van der Waals surface area contributed by atoms with E-state index in [-0.39, 0.29) is 17.6 Å². The van der Waals surface area contributed by atoms with Crippen LogP contribution >= 0.6 is 0 Å². The van der Waals surface area contributed by atoms with Crippen molar-refractivity contribution in [3.05, 3.63) is 65.2 Å². The standard InChI is InChI=1S/C37H54N2O7/c1-28-35-36(40)33-12-11-31(23-34(33)37(28,2)13-14-39(35)25-29-9-10-29)38-24-32(46-26-30-7-5-4-6-8-30)27-45-22-21-44-20-19-43-18-17-42-16-15-41-3/h4-8,11-12,23,28-29,32,35,38H,9-10,13-22,24-27H2,1-3H3/t28-,32?,35?,37+/m0/s1. The first kappa shape index (κ1) is 35.0. The minimum atomic E-state index is -0.163. The van der Waals surface area contributed by atoms with Crippen molar-refractivity contribution in [3.8, 4) is 0 Å².